The molecule has 1 aromatic rings. The molecule has 2 fully saturated rings. The molecule has 0 aromatic heterocycles. The highest BCUT2D eigenvalue weighted by Gasteiger charge is 2.42. The van der Waals surface area contributed by atoms with Crippen molar-refractivity contribution in [2.45, 2.75) is 18.9 Å². The van der Waals surface area contributed by atoms with Gasteiger partial charge in [0.25, 0.3) is 0 Å². The highest BCUT2D eigenvalue weighted by molar-refractivity contribution is 6.31. The van der Waals surface area contributed by atoms with Crippen molar-refractivity contribution < 1.29 is 19.1 Å². The van der Waals surface area contributed by atoms with Crippen molar-refractivity contribution in [3.8, 4) is 0 Å². The first-order valence-corrected chi connectivity index (χ1v) is 9.40. The fourth-order valence-electron chi connectivity index (χ4n) is 3.78. The molecule has 6 nitrogen and oxygen atoms in total. The van der Waals surface area contributed by atoms with Crippen LogP contribution in [0.1, 0.15) is 24.4 Å². The monoisotopic (exact) mass is 380 g/mol. The summed E-state index contributed by atoms with van der Waals surface area (Å²) in [6.07, 6.45) is 0.903. The number of piperidine rings is 1. The molecule has 142 valence electrons. The van der Waals surface area contributed by atoms with Crippen LogP contribution in [0, 0.1) is 5.92 Å². The minimum absolute atomic E-state index is 0.0398. The van der Waals surface area contributed by atoms with Gasteiger partial charge in [0.1, 0.15) is 0 Å². The zero-order valence-electron chi connectivity index (χ0n) is 15.0. The van der Waals surface area contributed by atoms with Crippen LogP contribution in [-0.2, 0) is 19.1 Å². The second-order valence-electron chi connectivity index (χ2n) is 6.63. The first-order valence-electron chi connectivity index (χ1n) is 9.03. The molecule has 0 N–H and O–H groups in total. The number of morpholine rings is 1. The number of hydrogen-bond donors (Lipinski definition) is 0. The van der Waals surface area contributed by atoms with Gasteiger partial charge in [-0.1, -0.05) is 29.8 Å². The number of carbonyl (C=O) groups is 2. The molecule has 1 aromatic carbocycles. The Balaban J connectivity index is 1.93. The minimum Gasteiger partial charge on any atom is -0.383 e. The molecule has 0 radical (unpaired) electrons. The Morgan fingerprint density at radius 3 is 2.73 bits per heavy atom. The van der Waals surface area contributed by atoms with Gasteiger partial charge >= 0.3 is 0 Å². The second kappa shape index (κ2) is 8.84. The highest BCUT2D eigenvalue weighted by atomic mass is 35.5. The van der Waals surface area contributed by atoms with Gasteiger partial charge in [0.15, 0.2) is 0 Å². The fourth-order valence-corrected chi connectivity index (χ4v) is 4.03. The van der Waals surface area contributed by atoms with Gasteiger partial charge < -0.3 is 19.3 Å². The maximum atomic E-state index is 13.2. The number of benzene rings is 1. The molecule has 2 amide bonds. The predicted octanol–water partition coefficient (Wildman–Crippen LogP) is 2.12. The second-order valence-corrected chi connectivity index (χ2v) is 7.04. The summed E-state index contributed by atoms with van der Waals surface area (Å²) in [5.41, 5.74) is 0.824. The lowest BCUT2D eigenvalue weighted by atomic mass is 9.83. The van der Waals surface area contributed by atoms with Gasteiger partial charge in [0, 0.05) is 38.2 Å². The molecule has 2 saturated heterocycles. The van der Waals surface area contributed by atoms with Gasteiger partial charge in [-0.25, -0.2) is 0 Å². The zero-order valence-corrected chi connectivity index (χ0v) is 15.8. The van der Waals surface area contributed by atoms with E-state index in [1.807, 2.05) is 23.1 Å². The summed E-state index contributed by atoms with van der Waals surface area (Å²) >= 11 is 6.45. The Labute approximate surface area is 159 Å². The average Bonchev–Trinajstić information content (AvgIpc) is 2.67. The molecule has 26 heavy (non-hydrogen) atoms. The van der Waals surface area contributed by atoms with Crippen LogP contribution in [0.15, 0.2) is 24.3 Å². The van der Waals surface area contributed by atoms with Gasteiger partial charge in [0.2, 0.25) is 11.8 Å². The molecule has 2 atom stereocenters. The smallest absolute Gasteiger partial charge is 0.228 e. The number of hydrogen-bond acceptors (Lipinski definition) is 4. The molecule has 2 heterocycles. The number of nitrogens with zero attached hydrogens (tertiary/aromatic N) is 2. The first-order chi connectivity index (χ1) is 12.6. The first kappa shape index (κ1) is 19.1. The lowest BCUT2D eigenvalue weighted by Gasteiger charge is -2.43. The molecule has 7 heteroatoms. The van der Waals surface area contributed by atoms with Crippen LogP contribution in [0.4, 0.5) is 0 Å². The van der Waals surface area contributed by atoms with E-state index in [0.717, 1.165) is 5.56 Å². The van der Waals surface area contributed by atoms with Crippen molar-refractivity contribution in [2.75, 3.05) is 46.6 Å². The summed E-state index contributed by atoms with van der Waals surface area (Å²) in [5, 5.41) is 0.578. The third kappa shape index (κ3) is 4.03. The number of amides is 2. The van der Waals surface area contributed by atoms with E-state index in [-0.39, 0.29) is 23.8 Å². The summed E-state index contributed by atoms with van der Waals surface area (Å²) in [7, 11) is 1.61. The van der Waals surface area contributed by atoms with Crippen LogP contribution >= 0.6 is 11.6 Å². The summed E-state index contributed by atoms with van der Waals surface area (Å²) in [5.74, 6) is -0.186. The number of methoxy groups -OCH3 is 1. The van der Waals surface area contributed by atoms with Gasteiger partial charge in [-0.2, -0.15) is 0 Å². The summed E-state index contributed by atoms with van der Waals surface area (Å²) in [6, 6.07) is 7.10. The Kier molecular flexibility index (Phi) is 6.51. The van der Waals surface area contributed by atoms with Gasteiger partial charge in [-0.3, -0.25) is 9.59 Å². The van der Waals surface area contributed by atoms with Crippen LogP contribution in [0.3, 0.4) is 0 Å². The number of likely N-dealkylation sites (tertiary alicyclic amines) is 1. The predicted molar refractivity (Wildman–Crippen MR) is 97.9 cm³/mol. The average molecular weight is 381 g/mol. The van der Waals surface area contributed by atoms with E-state index in [4.69, 9.17) is 21.1 Å². The number of halogens is 1. The van der Waals surface area contributed by atoms with Gasteiger partial charge in [-0.15, -0.1) is 0 Å². The molecule has 2 aliphatic rings. The van der Waals surface area contributed by atoms with Crippen molar-refractivity contribution in [1.29, 1.82) is 0 Å². The molecule has 0 saturated carbocycles. The fraction of sp³-hybridized carbons (Fsp3) is 0.579. The number of ether oxygens (including phenoxy) is 2. The SMILES string of the molecule is COCCN1C(=O)CC[C@@H](C(=O)N2CCOCC2)[C@@H]1c1ccccc1Cl. The largest absolute Gasteiger partial charge is 0.383 e. The molecular weight excluding hydrogens is 356 g/mol. The van der Waals surface area contributed by atoms with Crippen LogP contribution < -0.4 is 0 Å². The van der Waals surface area contributed by atoms with Crippen LogP contribution in [0.25, 0.3) is 0 Å². The maximum absolute atomic E-state index is 13.2. The van der Waals surface area contributed by atoms with Crippen molar-refractivity contribution in [2.24, 2.45) is 5.92 Å². The lowest BCUT2D eigenvalue weighted by Crippen LogP contribution is -2.51. The van der Waals surface area contributed by atoms with E-state index >= 15 is 0 Å². The van der Waals surface area contributed by atoms with Gasteiger partial charge in [0.05, 0.1) is 31.8 Å². The van der Waals surface area contributed by atoms with Crippen molar-refractivity contribution in [3.63, 3.8) is 0 Å². The van der Waals surface area contributed by atoms with E-state index in [2.05, 4.69) is 0 Å². The Bertz CT molecular complexity index is 648. The maximum Gasteiger partial charge on any atom is 0.228 e. The van der Waals surface area contributed by atoms with Crippen LogP contribution in [-0.4, -0.2) is 68.2 Å². The lowest BCUT2D eigenvalue weighted by molar-refractivity contribution is -0.151. The third-order valence-corrected chi connectivity index (χ3v) is 5.45. The van der Waals surface area contributed by atoms with E-state index < -0.39 is 0 Å². The Hall–Kier alpha value is -1.63. The minimum atomic E-state index is -0.365. The number of rotatable bonds is 5. The molecule has 0 aliphatic carbocycles. The van der Waals surface area contributed by atoms with E-state index in [1.54, 1.807) is 18.1 Å². The molecular formula is C19H25ClN2O4. The van der Waals surface area contributed by atoms with Crippen molar-refractivity contribution in [1.82, 2.24) is 9.80 Å². The van der Waals surface area contributed by atoms with E-state index in [0.29, 0.717) is 57.3 Å². The molecule has 0 spiro atoms. The van der Waals surface area contributed by atoms with Crippen LogP contribution in [0.5, 0.6) is 0 Å². The summed E-state index contributed by atoms with van der Waals surface area (Å²) in [4.78, 5) is 29.5. The van der Waals surface area contributed by atoms with Crippen molar-refractivity contribution in [3.05, 3.63) is 34.9 Å². The number of carbonyl (C=O) groups excluding carboxylic acids is 2. The molecule has 0 unspecified atom stereocenters. The van der Waals surface area contributed by atoms with Crippen molar-refractivity contribution >= 4 is 23.4 Å². The zero-order chi connectivity index (χ0) is 18.5. The van der Waals surface area contributed by atoms with Gasteiger partial charge in [-0.05, 0) is 18.1 Å². The summed E-state index contributed by atoms with van der Waals surface area (Å²) < 4.78 is 10.5. The standard InChI is InChI=1S/C19H25ClN2O4/c1-25-11-10-22-17(23)7-6-15(19(24)21-8-12-26-13-9-21)18(22)14-4-2-3-5-16(14)20/h2-5,15,18H,6-13H2,1H3/t15-,18+/m1/s1. The normalized spacial score (nSPS) is 24.0. The quantitative estimate of drug-likeness (QED) is 0.785. The Morgan fingerprint density at radius 1 is 1.31 bits per heavy atom. The molecule has 3 rings (SSSR count). The third-order valence-electron chi connectivity index (χ3n) is 5.11. The topological polar surface area (TPSA) is 59.1 Å². The summed E-state index contributed by atoms with van der Waals surface area (Å²) in [6.45, 7) is 3.17. The molecule has 2 aliphatic heterocycles. The van der Waals surface area contributed by atoms with Crippen LogP contribution in [0.2, 0.25) is 5.02 Å². The van der Waals surface area contributed by atoms with E-state index in [9.17, 15) is 9.59 Å². The highest BCUT2D eigenvalue weighted by Crippen LogP contribution is 2.40. The van der Waals surface area contributed by atoms with E-state index in [1.165, 1.54) is 0 Å². The molecule has 0 bridgehead atoms. The Morgan fingerprint density at radius 2 is 2.04 bits per heavy atom.